The van der Waals surface area contributed by atoms with Crippen molar-refractivity contribution in [1.29, 1.82) is 0 Å². The van der Waals surface area contributed by atoms with Gasteiger partial charge in [0.15, 0.2) is 0 Å². The van der Waals surface area contributed by atoms with E-state index in [9.17, 15) is 4.79 Å². The fourth-order valence-electron chi connectivity index (χ4n) is 3.39. The van der Waals surface area contributed by atoms with Crippen molar-refractivity contribution < 1.29 is 9.53 Å². The van der Waals surface area contributed by atoms with Gasteiger partial charge >= 0.3 is 5.97 Å². The van der Waals surface area contributed by atoms with E-state index in [0.717, 1.165) is 25.6 Å². The Labute approximate surface area is 130 Å². The lowest BCUT2D eigenvalue weighted by atomic mass is 9.91. The minimum Gasteiger partial charge on any atom is -0.465 e. The third-order valence-electron chi connectivity index (χ3n) is 4.28. The standard InChI is InChI=1S/C17H34N2O2/c1-6-8-15-9-11-19(12-10-15)13-17(5,18-14(3)4)16(20)21-7-2/h14-15,18H,6-13H2,1-5H3. The molecule has 4 nitrogen and oxygen atoms in total. The predicted molar refractivity (Wildman–Crippen MR) is 87.4 cm³/mol. The minimum absolute atomic E-state index is 0.130. The van der Waals surface area contributed by atoms with E-state index in [1.807, 2.05) is 13.8 Å². The van der Waals surface area contributed by atoms with Gasteiger partial charge in [-0.25, -0.2) is 0 Å². The first kappa shape index (κ1) is 18.4. The lowest BCUT2D eigenvalue weighted by Gasteiger charge is -2.39. The Balaban J connectivity index is 2.59. The van der Waals surface area contributed by atoms with Crippen molar-refractivity contribution in [3.8, 4) is 0 Å². The maximum absolute atomic E-state index is 12.3. The molecule has 1 rings (SSSR count). The van der Waals surface area contributed by atoms with E-state index in [4.69, 9.17) is 4.74 Å². The lowest BCUT2D eigenvalue weighted by Crippen LogP contribution is -2.60. The van der Waals surface area contributed by atoms with E-state index in [1.54, 1.807) is 0 Å². The van der Waals surface area contributed by atoms with Gasteiger partial charge < -0.3 is 9.64 Å². The van der Waals surface area contributed by atoms with E-state index in [0.29, 0.717) is 6.61 Å². The summed E-state index contributed by atoms with van der Waals surface area (Å²) in [4.78, 5) is 14.7. The van der Waals surface area contributed by atoms with Crippen LogP contribution in [0, 0.1) is 5.92 Å². The molecule has 124 valence electrons. The highest BCUT2D eigenvalue weighted by atomic mass is 16.5. The Hall–Kier alpha value is -0.610. The largest absolute Gasteiger partial charge is 0.465 e. The van der Waals surface area contributed by atoms with Gasteiger partial charge in [0.2, 0.25) is 0 Å². The Kier molecular flexibility index (Phi) is 7.67. The van der Waals surface area contributed by atoms with Crippen LogP contribution in [0.2, 0.25) is 0 Å². The second kappa shape index (κ2) is 8.74. The summed E-state index contributed by atoms with van der Waals surface area (Å²) < 4.78 is 5.28. The van der Waals surface area contributed by atoms with E-state index in [-0.39, 0.29) is 12.0 Å². The Morgan fingerprint density at radius 1 is 1.33 bits per heavy atom. The van der Waals surface area contributed by atoms with Gasteiger partial charge in [0.05, 0.1) is 6.61 Å². The van der Waals surface area contributed by atoms with E-state index in [2.05, 4.69) is 31.0 Å². The molecule has 0 aromatic rings. The number of hydrogen-bond donors (Lipinski definition) is 1. The van der Waals surface area contributed by atoms with Gasteiger partial charge in [-0.2, -0.15) is 0 Å². The van der Waals surface area contributed by atoms with Crippen LogP contribution in [0.5, 0.6) is 0 Å². The summed E-state index contributed by atoms with van der Waals surface area (Å²) >= 11 is 0. The molecule has 0 aromatic carbocycles. The number of ether oxygens (including phenoxy) is 1. The first-order valence-corrected chi connectivity index (χ1v) is 8.58. The molecule has 1 aliphatic heterocycles. The molecule has 0 saturated carbocycles. The molecule has 1 aliphatic rings. The Morgan fingerprint density at radius 3 is 2.43 bits per heavy atom. The van der Waals surface area contributed by atoms with Crippen molar-refractivity contribution in [1.82, 2.24) is 10.2 Å². The van der Waals surface area contributed by atoms with Gasteiger partial charge in [-0.3, -0.25) is 10.1 Å². The van der Waals surface area contributed by atoms with Crippen molar-refractivity contribution in [3.63, 3.8) is 0 Å². The topological polar surface area (TPSA) is 41.6 Å². The van der Waals surface area contributed by atoms with Crippen molar-refractivity contribution in [2.75, 3.05) is 26.2 Å². The molecule has 0 bridgehead atoms. The Bertz CT molecular complexity index is 312. The number of likely N-dealkylation sites (tertiary alicyclic amines) is 1. The normalized spacial score (nSPS) is 20.5. The van der Waals surface area contributed by atoms with Crippen LogP contribution in [0.25, 0.3) is 0 Å². The monoisotopic (exact) mass is 298 g/mol. The first-order valence-electron chi connectivity index (χ1n) is 8.58. The third-order valence-corrected chi connectivity index (χ3v) is 4.28. The summed E-state index contributed by atoms with van der Waals surface area (Å²) in [7, 11) is 0. The van der Waals surface area contributed by atoms with Crippen LogP contribution >= 0.6 is 0 Å². The van der Waals surface area contributed by atoms with E-state index < -0.39 is 5.54 Å². The molecule has 1 unspecified atom stereocenters. The molecule has 1 fully saturated rings. The maximum Gasteiger partial charge on any atom is 0.327 e. The number of hydrogen-bond acceptors (Lipinski definition) is 4. The maximum atomic E-state index is 12.3. The molecule has 4 heteroatoms. The highest BCUT2D eigenvalue weighted by molar-refractivity contribution is 5.80. The summed E-state index contributed by atoms with van der Waals surface area (Å²) in [5.41, 5.74) is -0.609. The highest BCUT2D eigenvalue weighted by Gasteiger charge is 2.37. The second-order valence-electron chi connectivity index (χ2n) is 6.86. The van der Waals surface area contributed by atoms with Crippen LogP contribution in [0.4, 0.5) is 0 Å². The highest BCUT2D eigenvalue weighted by Crippen LogP contribution is 2.23. The average molecular weight is 298 g/mol. The zero-order chi connectivity index (χ0) is 15.9. The minimum atomic E-state index is -0.609. The predicted octanol–water partition coefficient (Wildman–Crippen LogP) is 2.82. The molecule has 1 N–H and O–H groups in total. The molecule has 1 heterocycles. The van der Waals surface area contributed by atoms with Crippen LogP contribution in [-0.4, -0.2) is 48.7 Å². The van der Waals surface area contributed by atoms with Gasteiger partial charge in [0.25, 0.3) is 0 Å². The van der Waals surface area contributed by atoms with Gasteiger partial charge in [-0.05, 0) is 59.5 Å². The molecule has 21 heavy (non-hydrogen) atoms. The van der Waals surface area contributed by atoms with Crippen molar-refractivity contribution >= 4 is 5.97 Å². The lowest BCUT2D eigenvalue weighted by molar-refractivity contribution is -0.151. The van der Waals surface area contributed by atoms with Crippen LogP contribution in [0.15, 0.2) is 0 Å². The number of rotatable bonds is 8. The van der Waals surface area contributed by atoms with E-state index in [1.165, 1.54) is 25.7 Å². The van der Waals surface area contributed by atoms with Crippen LogP contribution in [0.1, 0.15) is 60.3 Å². The molecule has 0 spiro atoms. The van der Waals surface area contributed by atoms with Crippen LogP contribution in [-0.2, 0) is 9.53 Å². The molecular formula is C17H34N2O2. The van der Waals surface area contributed by atoms with Crippen LogP contribution < -0.4 is 5.32 Å². The molecule has 1 saturated heterocycles. The summed E-state index contributed by atoms with van der Waals surface area (Å²) in [6.45, 7) is 13.6. The number of carbonyl (C=O) groups excluding carboxylic acids is 1. The van der Waals surface area contributed by atoms with Crippen molar-refractivity contribution in [2.24, 2.45) is 5.92 Å². The summed E-state index contributed by atoms with van der Waals surface area (Å²) in [6, 6.07) is 0.261. The molecule has 0 radical (unpaired) electrons. The van der Waals surface area contributed by atoms with Crippen molar-refractivity contribution in [2.45, 2.75) is 71.9 Å². The molecular weight excluding hydrogens is 264 g/mol. The van der Waals surface area contributed by atoms with Gasteiger partial charge in [-0.15, -0.1) is 0 Å². The van der Waals surface area contributed by atoms with Gasteiger partial charge in [0.1, 0.15) is 5.54 Å². The van der Waals surface area contributed by atoms with Gasteiger partial charge in [-0.1, -0.05) is 19.8 Å². The van der Waals surface area contributed by atoms with Crippen LogP contribution in [0.3, 0.4) is 0 Å². The quantitative estimate of drug-likeness (QED) is 0.700. The number of nitrogens with one attached hydrogen (secondary N) is 1. The Morgan fingerprint density at radius 2 is 1.95 bits per heavy atom. The number of piperidine rings is 1. The van der Waals surface area contributed by atoms with Gasteiger partial charge in [0, 0.05) is 12.6 Å². The molecule has 1 atom stereocenters. The fourth-order valence-corrected chi connectivity index (χ4v) is 3.39. The fraction of sp³-hybridized carbons (Fsp3) is 0.941. The summed E-state index contributed by atoms with van der Waals surface area (Å²) in [5, 5.41) is 3.41. The average Bonchev–Trinajstić information content (AvgIpc) is 2.40. The smallest absolute Gasteiger partial charge is 0.327 e. The van der Waals surface area contributed by atoms with E-state index >= 15 is 0 Å². The summed E-state index contributed by atoms with van der Waals surface area (Å²) in [6.07, 6.45) is 5.14. The second-order valence-corrected chi connectivity index (χ2v) is 6.86. The number of esters is 1. The zero-order valence-corrected chi connectivity index (χ0v) is 14.6. The molecule has 0 amide bonds. The molecule has 0 aliphatic carbocycles. The third kappa shape index (κ3) is 5.95. The SMILES string of the molecule is CCCC1CCN(CC(C)(NC(C)C)C(=O)OCC)CC1. The molecule has 0 aromatic heterocycles. The van der Waals surface area contributed by atoms with Crippen molar-refractivity contribution in [3.05, 3.63) is 0 Å². The zero-order valence-electron chi connectivity index (χ0n) is 14.6. The summed E-state index contributed by atoms with van der Waals surface area (Å²) in [5.74, 6) is 0.743. The number of nitrogens with zero attached hydrogens (tertiary/aromatic N) is 1. The first-order chi connectivity index (χ1) is 9.91. The number of carbonyl (C=O) groups is 1.